The normalized spacial score (nSPS) is 11.1. The first kappa shape index (κ1) is 14.2. The van der Waals surface area contributed by atoms with Gasteiger partial charge in [0.05, 0.1) is 0 Å². The first-order valence-corrected chi connectivity index (χ1v) is 6.52. The average Bonchev–Trinajstić information content (AvgIpc) is 3.14. The molecule has 0 saturated heterocycles. The Kier molecular flexibility index (Phi) is 3.82. The quantitative estimate of drug-likeness (QED) is 0.727. The molecule has 0 unspecified atom stereocenters. The fourth-order valence-corrected chi connectivity index (χ4v) is 2.04. The second-order valence-electron chi connectivity index (χ2n) is 4.55. The van der Waals surface area contributed by atoms with Crippen molar-refractivity contribution in [3.8, 4) is 17.1 Å². The maximum Gasteiger partial charge on any atom is 0.320 e. The third-order valence-electron chi connectivity index (χ3n) is 3.15. The Morgan fingerprint density at radius 3 is 2.59 bits per heavy atom. The van der Waals surface area contributed by atoms with Crippen LogP contribution in [-0.4, -0.2) is 24.3 Å². The molecule has 3 aromatic rings. The zero-order valence-electron chi connectivity index (χ0n) is 11.7. The van der Waals surface area contributed by atoms with Crippen LogP contribution in [0.25, 0.3) is 11.4 Å². The molecule has 1 aromatic carbocycles. The highest BCUT2D eigenvalue weighted by Gasteiger charge is 2.11. The summed E-state index contributed by atoms with van der Waals surface area (Å²) in [5.74, 6) is 1.47. The number of imidazole rings is 1. The lowest BCUT2D eigenvalue weighted by atomic mass is 10.2. The van der Waals surface area contributed by atoms with Gasteiger partial charge in [-0.3, -0.25) is 4.57 Å². The summed E-state index contributed by atoms with van der Waals surface area (Å²) in [4.78, 5) is 8.01. The van der Waals surface area contributed by atoms with Crippen LogP contribution in [0.3, 0.4) is 0 Å². The maximum absolute atomic E-state index is 12.7. The number of hydrogen-bond donors (Lipinski definition) is 0. The Balaban J connectivity index is 1.69. The van der Waals surface area contributed by atoms with Gasteiger partial charge in [-0.2, -0.15) is 13.9 Å². The van der Waals surface area contributed by atoms with Gasteiger partial charge in [0, 0.05) is 25.0 Å². The zero-order valence-corrected chi connectivity index (χ0v) is 11.7. The summed E-state index contributed by atoms with van der Waals surface area (Å²) in [5, 5.41) is 4.00. The lowest BCUT2D eigenvalue weighted by Gasteiger charge is -2.09. The Bertz CT molecular complexity index is 751. The SMILES string of the molecule is Cn1ncnc1-c1ccc(OCc2nccn2C(F)F)cc1. The molecule has 0 aliphatic heterocycles. The molecular formula is C14H13F2N5O. The highest BCUT2D eigenvalue weighted by atomic mass is 19.3. The van der Waals surface area contributed by atoms with Crippen molar-refractivity contribution in [3.63, 3.8) is 0 Å². The number of alkyl halides is 2. The van der Waals surface area contributed by atoms with E-state index in [0.717, 1.165) is 16.0 Å². The number of aromatic nitrogens is 5. The van der Waals surface area contributed by atoms with Crippen molar-refractivity contribution >= 4 is 0 Å². The molecule has 0 atom stereocenters. The van der Waals surface area contributed by atoms with E-state index in [2.05, 4.69) is 15.1 Å². The van der Waals surface area contributed by atoms with E-state index in [1.807, 2.05) is 12.1 Å². The number of halogens is 2. The van der Waals surface area contributed by atoms with Crippen LogP contribution in [0.4, 0.5) is 8.78 Å². The van der Waals surface area contributed by atoms with E-state index in [9.17, 15) is 8.78 Å². The van der Waals surface area contributed by atoms with Gasteiger partial charge in [-0.05, 0) is 24.3 Å². The first-order chi connectivity index (χ1) is 10.6. The minimum absolute atomic E-state index is 0.0271. The van der Waals surface area contributed by atoms with E-state index in [-0.39, 0.29) is 12.4 Å². The van der Waals surface area contributed by atoms with Gasteiger partial charge in [-0.1, -0.05) is 0 Å². The lowest BCUT2D eigenvalue weighted by molar-refractivity contribution is 0.0632. The number of rotatable bonds is 5. The molecule has 6 nitrogen and oxygen atoms in total. The molecular weight excluding hydrogens is 292 g/mol. The topological polar surface area (TPSA) is 57.8 Å². The number of hydrogen-bond acceptors (Lipinski definition) is 4. The monoisotopic (exact) mass is 305 g/mol. The van der Waals surface area contributed by atoms with Gasteiger partial charge in [0.1, 0.15) is 18.7 Å². The van der Waals surface area contributed by atoms with Gasteiger partial charge in [0.25, 0.3) is 0 Å². The van der Waals surface area contributed by atoms with Gasteiger partial charge < -0.3 is 4.74 Å². The minimum atomic E-state index is -2.63. The molecule has 0 aliphatic carbocycles. The Morgan fingerprint density at radius 1 is 1.18 bits per heavy atom. The summed E-state index contributed by atoms with van der Waals surface area (Å²) in [6, 6.07) is 7.16. The van der Waals surface area contributed by atoms with Crippen LogP contribution >= 0.6 is 0 Å². The molecule has 0 saturated carbocycles. The Morgan fingerprint density at radius 2 is 1.95 bits per heavy atom. The van der Waals surface area contributed by atoms with E-state index in [1.165, 1.54) is 18.7 Å². The second-order valence-corrected chi connectivity index (χ2v) is 4.55. The average molecular weight is 305 g/mol. The fraction of sp³-hybridized carbons (Fsp3) is 0.214. The van der Waals surface area contributed by atoms with Crippen molar-refractivity contribution in [1.82, 2.24) is 24.3 Å². The molecule has 0 amide bonds. The van der Waals surface area contributed by atoms with E-state index < -0.39 is 6.55 Å². The van der Waals surface area contributed by atoms with Gasteiger partial charge >= 0.3 is 6.55 Å². The number of nitrogens with zero attached hydrogens (tertiary/aromatic N) is 5. The minimum Gasteiger partial charge on any atom is -0.486 e. The zero-order chi connectivity index (χ0) is 15.5. The highest BCUT2D eigenvalue weighted by molar-refractivity contribution is 5.56. The van der Waals surface area contributed by atoms with Crippen LogP contribution in [0.15, 0.2) is 43.0 Å². The highest BCUT2D eigenvalue weighted by Crippen LogP contribution is 2.21. The molecule has 2 heterocycles. The van der Waals surface area contributed by atoms with Crippen molar-refractivity contribution in [3.05, 3.63) is 48.8 Å². The molecule has 0 spiro atoms. The summed E-state index contributed by atoms with van der Waals surface area (Å²) in [5.41, 5.74) is 0.890. The van der Waals surface area contributed by atoms with Gasteiger partial charge in [-0.15, -0.1) is 0 Å². The first-order valence-electron chi connectivity index (χ1n) is 6.52. The van der Waals surface area contributed by atoms with Crippen LogP contribution in [-0.2, 0) is 13.7 Å². The van der Waals surface area contributed by atoms with Crippen molar-refractivity contribution < 1.29 is 13.5 Å². The van der Waals surface area contributed by atoms with E-state index in [0.29, 0.717) is 5.75 Å². The number of benzene rings is 1. The predicted molar refractivity (Wildman–Crippen MR) is 74.3 cm³/mol. The lowest BCUT2D eigenvalue weighted by Crippen LogP contribution is -2.07. The Labute approximate surface area is 125 Å². The number of ether oxygens (including phenoxy) is 1. The summed E-state index contributed by atoms with van der Waals surface area (Å²) < 4.78 is 33.3. The largest absolute Gasteiger partial charge is 0.486 e. The van der Waals surface area contributed by atoms with Crippen LogP contribution in [0, 0.1) is 0 Å². The van der Waals surface area contributed by atoms with Gasteiger partial charge in [-0.25, -0.2) is 14.6 Å². The van der Waals surface area contributed by atoms with Gasteiger partial charge in [0.15, 0.2) is 11.6 Å². The summed E-state index contributed by atoms with van der Waals surface area (Å²) in [7, 11) is 1.80. The predicted octanol–water partition coefficient (Wildman–Crippen LogP) is 2.65. The van der Waals surface area contributed by atoms with Gasteiger partial charge in [0.2, 0.25) is 0 Å². The molecule has 0 aliphatic rings. The van der Waals surface area contributed by atoms with Crippen LogP contribution < -0.4 is 4.74 Å². The molecule has 114 valence electrons. The molecule has 3 rings (SSSR count). The molecule has 0 fully saturated rings. The molecule has 0 bridgehead atoms. The molecule has 8 heteroatoms. The molecule has 0 radical (unpaired) electrons. The summed E-state index contributed by atoms with van der Waals surface area (Å²) >= 11 is 0. The molecule has 22 heavy (non-hydrogen) atoms. The van der Waals surface area contributed by atoms with Crippen molar-refractivity contribution in [2.45, 2.75) is 13.2 Å². The number of aryl methyl sites for hydroxylation is 1. The molecule has 2 aromatic heterocycles. The van der Waals surface area contributed by atoms with Crippen molar-refractivity contribution in [2.24, 2.45) is 7.05 Å². The van der Waals surface area contributed by atoms with E-state index >= 15 is 0 Å². The van der Waals surface area contributed by atoms with Crippen molar-refractivity contribution in [2.75, 3.05) is 0 Å². The maximum atomic E-state index is 12.7. The van der Waals surface area contributed by atoms with Crippen LogP contribution in [0.1, 0.15) is 12.4 Å². The van der Waals surface area contributed by atoms with E-state index in [4.69, 9.17) is 4.74 Å². The fourth-order valence-electron chi connectivity index (χ4n) is 2.04. The third-order valence-corrected chi connectivity index (χ3v) is 3.15. The van der Waals surface area contributed by atoms with Crippen molar-refractivity contribution in [1.29, 1.82) is 0 Å². The summed E-state index contributed by atoms with van der Waals surface area (Å²) in [6.07, 6.45) is 4.02. The Hall–Kier alpha value is -2.77. The third kappa shape index (κ3) is 2.80. The smallest absolute Gasteiger partial charge is 0.320 e. The standard InChI is InChI=1S/C14H13F2N5O/c1-20-13(18-9-19-20)10-2-4-11(5-3-10)22-8-12-17-6-7-21(12)14(15)16/h2-7,9,14H,8H2,1H3. The molecule has 0 N–H and O–H groups in total. The van der Waals surface area contributed by atoms with E-state index in [1.54, 1.807) is 23.9 Å². The second kappa shape index (κ2) is 5.92. The summed E-state index contributed by atoms with van der Waals surface area (Å²) in [6.45, 7) is -2.65. The van der Waals surface area contributed by atoms with Crippen LogP contribution in [0.5, 0.6) is 5.75 Å². The van der Waals surface area contributed by atoms with Crippen LogP contribution in [0.2, 0.25) is 0 Å².